The number of aromatic hydroxyl groups is 1. The number of esters is 1. The Kier molecular flexibility index (Phi) is 5.08. The molecule has 0 saturated heterocycles. The van der Waals surface area contributed by atoms with Crippen LogP contribution >= 0.6 is 0 Å². The number of phenolic OH excluding ortho intramolecular Hbond substituents is 1. The van der Waals surface area contributed by atoms with Crippen LogP contribution in [0.1, 0.15) is 66.3 Å². The number of allylic oxidation sites excluding steroid dienone is 1. The summed E-state index contributed by atoms with van der Waals surface area (Å²) in [6.45, 7) is 5.80. The highest BCUT2D eigenvalue weighted by molar-refractivity contribution is 5.97. The Bertz CT molecular complexity index is 672. The number of hydrogen-bond donors (Lipinski definition) is 2. The standard InChI is InChI=1S/C18H22O5/c1-4-12-9-13(19)17-16(11(12)3)14(23-18(17)22)7-5-10(2)6-8-15(20)21/h5,9,14,19H,4,6-8H2,1-3H3,(H,20,21). The van der Waals surface area contributed by atoms with E-state index >= 15 is 0 Å². The van der Waals surface area contributed by atoms with Crippen molar-refractivity contribution in [3.8, 4) is 5.75 Å². The van der Waals surface area contributed by atoms with Gasteiger partial charge in [0.1, 0.15) is 17.4 Å². The molecule has 2 rings (SSSR count). The molecule has 0 spiro atoms. The molecule has 0 aromatic heterocycles. The van der Waals surface area contributed by atoms with E-state index in [0.717, 1.165) is 28.7 Å². The van der Waals surface area contributed by atoms with Crippen molar-refractivity contribution >= 4 is 11.9 Å². The number of fused-ring (bicyclic) bond motifs is 1. The molecular weight excluding hydrogens is 296 g/mol. The molecule has 2 N–H and O–H groups in total. The maximum absolute atomic E-state index is 12.0. The predicted octanol–water partition coefficient (Wildman–Crippen LogP) is 3.68. The second kappa shape index (κ2) is 6.86. The van der Waals surface area contributed by atoms with Gasteiger partial charge in [0.2, 0.25) is 0 Å². The number of aliphatic carboxylic acids is 1. The topological polar surface area (TPSA) is 83.8 Å². The first-order valence-corrected chi connectivity index (χ1v) is 7.78. The number of aryl methyl sites for hydroxylation is 1. The lowest BCUT2D eigenvalue weighted by Gasteiger charge is -2.14. The highest BCUT2D eigenvalue weighted by Gasteiger charge is 2.35. The quantitative estimate of drug-likeness (QED) is 0.617. The van der Waals surface area contributed by atoms with E-state index in [2.05, 4.69) is 0 Å². The van der Waals surface area contributed by atoms with Gasteiger partial charge < -0.3 is 14.9 Å². The van der Waals surface area contributed by atoms with Crippen molar-refractivity contribution in [2.24, 2.45) is 0 Å². The molecule has 0 saturated carbocycles. The van der Waals surface area contributed by atoms with Gasteiger partial charge in [0, 0.05) is 18.4 Å². The average Bonchev–Trinajstić information content (AvgIpc) is 2.84. The van der Waals surface area contributed by atoms with Crippen molar-refractivity contribution in [1.29, 1.82) is 0 Å². The molecule has 0 aliphatic carbocycles. The Labute approximate surface area is 135 Å². The second-order valence-electron chi connectivity index (χ2n) is 5.90. The Hall–Kier alpha value is -2.30. The summed E-state index contributed by atoms with van der Waals surface area (Å²) in [5.41, 5.74) is 3.95. The summed E-state index contributed by atoms with van der Waals surface area (Å²) in [7, 11) is 0. The molecule has 124 valence electrons. The highest BCUT2D eigenvalue weighted by Crippen LogP contribution is 2.41. The van der Waals surface area contributed by atoms with Crippen molar-refractivity contribution in [3.05, 3.63) is 40.0 Å². The summed E-state index contributed by atoms with van der Waals surface area (Å²) < 4.78 is 5.41. The summed E-state index contributed by atoms with van der Waals surface area (Å²) in [5, 5.41) is 18.8. The number of carboxylic acid groups (broad SMARTS) is 1. The van der Waals surface area contributed by atoms with Gasteiger partial charge >= 0.3 is 11.9 Å². The Morgan fingerprint density at radius 1 is 1.39 bits per heavy atom. The lowest BCUT2D eigenvalue weighted by Crippen LogP contribution is -2.01. The monoisotopic (exact) mass is 318 g/mol. The van der Waals surface area contributed by atoms with Gasteiger partial charge in [0.25, 0.3) is 0 Å². The van der Waals surface area contributed by atoms with Gasteiger partial charge in [-0.1, -0.05) is 18.6 Å². The van der Waals surface area contributed by atoms with Crippen LogP contribution in [-0.2, 0) is 16.0 Å². The van der Waals surface area contributed by atoms with Crippen molar-refractivity contribution in [2.45, 2.75) is 52.6 Å². The molecule has 1 aliphatic heterocycles. The third-order valence-corrected chi connectivity index (χ3v) is 4.29. The van der Waals surface area contributed by atoms with Crippen LogP contribution in [0.15, 0.2) is 17.7 Å². The largest absolute Gasteiger partial charge is 0.507 e. The van der Waals surface area contributed by atoms with Gasteiger partial charge in [0.15, 0.2) is 0 Å². The summed E-state index contributed by atoms with van der Waals surface area (Å²) in [4.78, 5) is 22.6. The van der Waals surface area contributed by atoms with E-state index in [1.54, 1.807) is 6.07 Å². The van der Waals surface area contributed by atoms with Crippen molar-refractivity contribution in [2.75, 3.05) is 0 Å². The van der Waals surface area contributed by atoms with Gasteiger partial charge in [-0.15, -0.1) is 0 Å². The van der Waals surface area contributed by atoms with Crippen LogP contribution < -0.4 is 0 Å². The van der Waals surface area contributed by atoms with Gasteiger partial charge in [-0.3, -0.25) is 4.79 Å². The molecule has 1 heterocycles. The fourth-order valence-corrected chi connectivity index (χ4v) is 2.96. The Morgan fingerprint density at radius 3 is 2.70 bits per heavy atom. The lowest BCUT2D eigenvalue weighted by molar-refractivity contribution is -0.136. The van der Waals surface area contributed by atoms with E-state index in [4.69, 9.17) is 9.84 Å². The highest BCUT2D eigenvalue weighted by atomic mass is 16.5. The van der Waals surface area contributed by atoms with Crippen molar-refractivity contribution in [1.82, 2.24) is 0 Å². The summed E-state index contributed by atoms with van der Waals surface area (Å²) in [6, 6.07) is 1.63. The van der Waals surface area contributed by atoms with Crippen LogP contribution in [0.25, 0.3) is 0 Å². The maximum Gasteiger partial charge on any atom is 0.342 e. The third kappa shape index (κ3) is 3.55. The van der Waals surface area contributed by atoms with E-state index in [-0.39, 0.29) is 17.7 Å². The number of phenols is 1. The van der Waals surface area contributed by atoms with Gasteiger partial charge in [0.05, 0.1) is 0 Å². The minimum Gasteiger partial charge on any atom is -0.507 e. The molecule has 5 heteroatoms. The minimum absolute atomic E-state index is 0.0264. The van der Waals surface area contributed by atoms with Crippen molar-refractivity contribution in [3.63, 3.8) is 0 Å². The SMILES string of the molecule is CCc1cc(O)c2c(c1C)C(CC=C(C)CCC(=O)O)OC2=O. The van der Waals surface area contributed by atoms with E-state index < -0.39 is 18.0 Å². The minimum atomic E-state index is -0.830. The Balaban J connectivity index is 2.26. The number of carboxylic acids is 1. The zero-order valence-corrected chi connectivity index (χ0v) is 13.7. The van der Waals surface area contributed by atoms with Crippen LogP contribution in [0.5, 0.6) is 5.75 Å². The lowest BCUT2D eigenvalue weighted by atomic mass is 9.91. The molecule has 1 aromatic carbocycles. The third-order valence-electron chi connectivity index (χ3n) is 4.29. The number of hydrogen-bond acceptors (Lipinski definition) is 4. The Morgan fingerprint density at radius 2 is 2.09 bits per heavy atom. The molecule has 1 atom stereocenters. The number of carbonyl (C=O) groups is 2. The molecule has 0 bridgehead atoms. The zero-order chi connectivity index (χ0) is 17.1. The average molecular weight is 318 g/mol. The van der Waals surface area contributed by atoms with Crippen molar-refractivity contribution < 1.29 is 24.5 Å². The van der Waals surface area contributed by atoms with Gasteiger partial charge in [-0.05, 0) is 43.9 Å². The number of benzene rings is 1. The molecule has 5 nitrogen and oxygen atoms in total. The molecule has 1 aliphatic rings. The second-order valence-corrected chi connectivity index (χ2v) is 5.90. The van der Waals surface area contributed by atoms with E-state index in [1.807, 2.05) is 26.8 Å². The van der Waals surface area contributed by atoms with Crippen LogP contribution in [0.4, 0.5) is 0 Å². The van der Waals surface area contributed by atoms with Crippen LogP contribution in [-0.4, -0.2) is 22.2 Å². The first kappa shape index (κ1) is 17.1. The molecule has 0 amide bonds. The summed E-state index contributed by atoms with van der Waals surface area (Å²) >= 11 is 0. The molecule has 0 radical (unpaired) electrons. The molecular formula is C18H22O5. The smallest absolute Gasteiger partial charge is 0.342 e. The first-order valence-electron chi connectivity index (χ1n) is 7.78. The van der Waals surface area contributed by atoms with E-state index in [1.165, 1.54) is 0 Å². The zero-order valence-electron chi connectivity index (χ0n) is 13.7. The van der Waals surface area contributed by atoms with E-state index in [0.29, 0.717) is 12.8 Å². The molecule has 1 unspecified atom stereocenters. The fraction of sp³-hybridized carbons (Fsp3) is 0.444. The summed E-state index contributed by atoms with van der Waals surface area (Å²) in [5.74, 6) is -1.35. The fourth-order valence-electron chi connectivity index (χ4n) is 2.96. The number of carbonyl (C=O) groups excluding carboxylic acids is 1. The first-order chi connectivity index (χ1) is 10.8. The van der Waals surface area contributed by atoms with Crippen LogP contribution in [0, 0.1) is 6.92 Å². The molecule has 1 aromatic rings. The predicted molar refractivity (Wildman–Crippen MR) is 85.6 cm³/mol. The molecule has 0 fully saturated rings. The van der Waals surface area contributed by atoms with E-state index in [9.17, 15) is 14.7 Å². The van der Waals surface area contributed by atoms with Gasteiger partial charge in [-0.25, -0.2) is 4.79 Å². The number of rotatable bonds is 6. The van der Waals surface area contributed by atoms with Gasteiger partial charge in [-0.2, -0.15) is 0 Å². The number of ether oxygens (including phenoxy) is 1. The number of cyclic esters (lactones) is 1. The molecule has 23 heavy (non-hydrogen) atoms. The van der Waals surface area contributed by atoms with Crippen LogP contribution in [0.3, 0.4) is 0 Å². The van der Waals surface area contributed by atoms with Crippen LogP contribution in [0.2, 0.25) is 0 Å². The maximum atomic E-state index is 12.0. The normalized spacial score (nSPS) is 17.1. The summed E-state index contributed by atoms with van der Waals surface area (Å²) in [6.07, 6.45) is 3.30.